The number of hydrogen-bond donors (Lipinski definition) is 2. The highest BCUT2D eigenvalue weighted by molar-refractivity contribution is 6.32. The van der Waals surface area contributed by atoms with Crippen LogP contribution in [0.2, 0.25) is 5.02 Å². The number of aromatic amines is 1. The lowest BCUT2D eigenvalue weighted by Crippen LogP contribution is -2.30. The molecule has 1 aliphatic heterocycles. The van der Waals surface area contributed by atoms with Crippen molar-refractivity contribution in [3.05, 3.63) is 40.4 Å². The van der Waals surface area contributed by atoms with Crippen molar-refractivity contribution in [3.63, 3.8) is 0 Å². The van der Waals surface area contributed by atoms with Gasteiger partial charge in [-0.25, -0.2) is 4.98 Å². The summed E-state index contributed by atoms with van der Waals surface area (Å²) in [5.41, 5.74) is 3.23. The number of fused-ring (bicyclic) bond motifs is 1. The highest BCUT2D eigenvalue weighted by atomic mass is 35.5. The van der Waals surface area contributed by atoms with Crippen LogP contribution in [-0.2, 0) is 6.42 Å². The minimum absolute atomic E-state index is 0.0161. The molecule has 0 radical (unpaired) electrons. The summed E-state index contributed by atoms with van der Waals surface area (Å²) in [6, 6.07) is 3.93. The molecular formula is C16H20ClN3O2. The van der Waals surface area contributed by atoms with E-state index in [0.29, 0.717) is 29.7 Å². The maximum absolute atomic E-state index is 6.41. The summed E-state index contributed by atoms with van der Waals surface area (Å²) >= 11 is 6.41. The van der Waals surface area contributed by atoms with E-state index in [1.807, 2.05) is 26.0 Å². The lowest BCUT2D eigenvalue weighted by atomic mass is 9.97. The zero-order valence-electron chi connectivity index (χ0n) is 12.8. The molecule has 5 nitrogen and oxygen atoms in total. The van der Waals surface area contributed by atoms with E-state index in [1.165, 1.54) is 5.69 Å². The minimum atomic E-state index is 0.0161. The fourth-order valence-electron chi connectivity index (χ4n) is 2.80. The van der Waals surface area contributed by atoms with E-state index in [1.54, 1.807) is 6.33 Å². The van der Waals surface area contributed by atoms with Crippen LogP contribution in [0.25, 0.3) is 0 Å². The van der Waals surface area contributed by atoms with Gasteiger partial charge >= 0.3 is 0 Å². The van der Waals surface area contributed by atoms with Gasteiger partial charge in [0.15, 0.2) is 11.5 Å². The summed E-state index contributed by atoms with van der Waals surface area (Å²) in [4.78, 5) is 7.65. The predicted octanol–water partition coefficient (Wildman–Crippen LogP) is 3.10. The summed E-state index contributed by atoms with van der Waals surface area (Å²) in [7, 11) is 0. The van der Waals surface area contributed by atoms with Crippen molar-refractivity contribution < 1.29 is 9.47 Å². The molecule has 1 atom stereocenters. The number of ether oxygens (including phenoxy) is 2. The lowest BCUT2D eigenvalue weighted by molar-refractivity contribution is 0.287. The van der Waals surface area contributed by atoms with Crippen LogP contribution in [0.5, 0.6) is 11.5 Å². The van der Waals surface area contributed by atoms with Crippen molar-refractivity contribution in [1.29, 1.82) is 0 Å². The molecule has 1 aromatic carbocycles. The van der Waals surface area contributed by atoms with Crippen LogP contribution >= 0.6 is 11.6 Å². The molecule has 2 heterocycles. The third-order valence-corrected chi connectivity index (χ3v) is 3.98. The quantitative estimate of drug-likeness (QED) is 0.888. The van der Waals surface area contributed by atoms with Gasteiger partial charge in [0.05, 0.1) is 36.3 Å². The van der Waals surface area contributed by atoms with Crippen molar-refractivity contribution >= 4 is 11.6 Å². The van der Waals surface area contributed by atoms with E-state index >= 15 is 0 Å². The molecular weight excluding hydrogens is 302 g/mol. The topological polar surface area (TPSA) is 59.2 Å². The first-order chi connectivity index (χ1) is 10.7. The Hall–Kier alpha value is -1.72. The molecule has 1 aliphatic rings. The number of nitrogens with one attached hydrogen (secondary N) is 2. The third-order valence-electron chi connectivity index (χ3n) is 3.70. The summed E-state index contributed by atoms with van der Waals surface area (Å²) in [6.07, 6.45) is 2.69. The van der Waals surface area contributed by atoms with Crippen molar-refractivity contribution in [2.45, 2.75) is 26.3 Å². The molecule has 0 amide bonds. The Morgan fingerprint density at radius 3 is 2.86 bits per heavy atom. The Labute approximate surface area is 135 Å². The molecule has 2 aromatic rings. The molecule has 118 valence electrons. The molecule has 22 heavy (non-hydrogen) atoms. The first kappa shape index (κ1) is 15.2. The molecule has 0 fully saturated rings. The number of imidazole rings is 1. The maximum Gasteiger partial charge on any atom is 0.179 e. The summed E-state index contributed by atoms with van der Waals surface area (Å²) < 4.78 is 11.3. The van der Waals surface area contributed by atoms with Crippen molar-refractivity contribution in [2.24, 2.45) is 0 Å². The van der Waals surface area contributed by atoms with E-state index in [2.05, 4.69) is 15.3 Å². The number of hydrogen-bond acceptors (Lipinski definition) is 4. The molecule has 6 heteroatoms. The third kappa shape index (κ3) is 2.78. The Morgan fingerprint density at radius 2 is 2.09 bits per heavy atom. The smallest absolute Gasteiger partial charge is 0.179 e. The first-order valence-electron chi connectivity index (χ1n) is 7.59. The highest BCUT2D eigenvalue weighted by Gasteiger charge is 2.25. The van der Waals surface area contributed by atoms with Gasteiger partial charge < -0.3 is 19.8 Å². The number of halogens is 1. The summed E-state index contributed by atoms with van der Waals surface area (Å²) in [5.74, 6) is 1.28. The van der Waals surface area contributed by atoms with Crippen molar-refractivity contribution in [2.75, 3.05) is 19.8 Å². The minimum Gasteiger partial charge on any atom is -0.490 e. The molecule has 2 N–H and O–H groups in total. The van der Waals surface area contributed by atoms with Gasteiger partial charge in [0.1, 0.15) is 0 Å². The van der Waals surface area contributed by atoms with E-state index in [9.17, 15) is 0 Å². The van der Waals surface area contributed by atoms with Crippen LogP contribution in [0.4, 0.5) is 0 Å². The van der Waals surface area contributed by atoms with Crippen molar-refractivity contribution in [3.8, 4) is 11.5 Å². The van der Waals surface area contributed by atoms with Gasteiger partial charge in [0, 0.05) is 18.7 Å². The zero-order chi connectivity index (χ0) is 15.5. The average molecular weight is 322 g/mol. The van der Waals surface area contributed by atoms with Gasteiger partial charge in [0.25, 0.3) is 0 Å². The second-order valence-corrected chi connectivity index (χ2v) is 5.51. The number of rotatable bonds is 5. The van der Waals surface area contributed by atoms with E-state index < -0.39 is 0 Å². The molecule has 0 bridgehead atoms. The van der Waals surface area contributed by atoms with E-state index in [4.69, 9.17) is 21.1 Å². The normalized spacial score (nSPS) is 17.1. The van der Waals surface area contributed by atoms with Gasteiger partial charge in [-0.15, -0.1) is 0 Å². The van der Waals surface area contributed by atoms with Crippen LogP contribution in [0.1, 0.15) is 36.8 Å². The Kier molecular flexibility index (Phi) is 4.55. The van der Waals surface area contributed by atoms with Crippen LogP contribution in [0, 0.1) is 0 Å². The predicted molar refractivity (Wildman–Crippen MR) is 85.9 cm³/mol. The Morgan fingerprint density at radius 1 is 1.27 bits per heavy atom. The number of H-pyrrole nitrogens is 1. The number of nitrogens with zero attached hydrogens (tertiary/aromatic N) is 1. The Bertz CT molecular complexity index is 657. The van der Waals surface area contributed by atoms with Gasteiger partial charge in [-0.1, -0.05) is 11.6 Å². The molecule has 0 saturated carbocycles. The molecule has 3 rings (SSSR count). The molecule has 1 aromatic heterocycles. The van der Waals surface area contributed by atoms with Gasteiger partial charge in [-0.05, 0) is 31.5 Å². The molecule has 1 unspecified atom stereocenters. The lowest BCUT2D eigenvalue weighted by Gasteiger charge is -2.24. The van der Waals surface area contributed by atoms with Gasteiger partial charge in [-0.3, -0.25) is 0 Å². The van der Waals surface area contributed by atoms with Crippen LogP contribution < -0.4 is 14.8 Å². The van der Waals surface area contributed by atoms with Gasteiger partial charge in [0.2, 0.25) is 0 Å². The SMILES string of the molecule is CCOc1cc(C2NCCc3[nH]cnc32)cc(Cl)c1OCC. The van der Waals surface area contributed by atoms with Crippen LogP contribution in [0.15, 0.2) is 18.5 Å². The second kappa shape index (κ2) is 6.58. The number of benzene rings is 1. The van der Waals surface area contributed by atoms with E-state index in [0.717, 1.165) is 24.2 Å². The summed E-state index contributed by atoms with van der Waals surface area (Å²) in [5, 5.41) is 4.05. The molecule has 0 saturated heterocycles. The largest absolute Gasteiger partial charge is 0.490 e. The maximum atomic E-state index is 6.41. The number of aromatic nitrogens is 2. The fourth-order valence-corrected chi connectivity index (χ4v) is 3.07. The van der Waals surface area contributed by atoms with Crippen molar-refractivity contribution in [1.82, 2.24) is 15.3 Å². The second-order valence-electron chi connectivity index (χ2n) is 5.10. The monoisotopic (exact) mass is 321 g/mol. The fraction of sp³-hybridized carbons (Fsp3) is 0.438. The van der Waals surface area contributed by atoms with Gasteiger partial charge in [-0.2, -0.15) is 0 Å². The molecule has 0 aliphatic carbocycles. The van der Waals surface area contributed by atoms with E-state index in [-0.39, 0.29) is 6.04 Å². The average Bonchev–Trinajstić information content (AvgIpc) is 2.99. The van der Waals surface area contributed by atoms with Crippen LogP contribution in [0.3, 0.4) is 0 Å². The Balaban J connectivity index is 2.02. The van der Waals surface area contributed by atoms with Crippen LogP contribution in [-0.4, -0.2) is 29.7 Å². The highest BCUT2D eigenvalue weighted by Crippen LogP contribution is 2.40. The molecule has 0 spiro atoms. The zero-order valence-corrected chi connectivity index (χ0v) is 13.5. The summed E-state index contributed by atoms with van der Waals surface area (Å²) in [6.45, 7) is 5.88. The standard InChI is InChI=1S/C16H20ClN3O2/c1-3-21-13-8-10(7-11(17)16(13)22-4-2)14-15-12(5-6-18-14)19-9-20-15/h7-9,14,18H,3-6H2,1-2H3,(H,19,20). The first-order valence-corrected chi connectivity index (χ1v) is 7.97.